The number of nitrogens with zero attached hydrogens (tertiary/aromatic N) is 6. The minimum absolute atomic E-state index is 0.135. The summed E-state index contributed by atoms with van der Waals surface area (Å²) >= 11 is 0. The van der Waals surface area contributed by atoms with Crippen molar-refractivity contribution >= 4 is 17.7 Å². The number of amides is 2. The first-order valence-corrected chi connectivity index (χ1v) is 9.77. The zero-order valence-electron chi connectivity index (χ0n) is 16.6. The van der Waals surface area contributed by atoms with E-state index in [-0.39, 0.29) is 36.6 Å². The summed E-state index contributed by atoms with van der Waals surface area (Å²) in [6, 6.07) is 9.42. The van der Waals surface area contributed by atoms with E-state index in [0.29, 0.717) is 18.8 Å². The highest BCUT2D eigenvalue weighted by Crippen LogP contribution is 2.40. The number of fused-ring (bicyclic) bond motifs is 3. The number of rotatable bonds is 5. The van der Waals surface area contributed by atoms with Gasteiger partial charge in [0.05, 0.1) is 18.3 Å². The molecular weight excluding hydrogens is 402 g/mol. The average molecular weight is 421 g/mol. The minimum atomic E-state index is -0.388. The molecule has 158 valence electrons. The molecule has 4 heterocycles. The van der Waals surface area contributed by atoms with Crippen LogP contribution in [0.5, 0.6) is 0 Å². The first-order valence-electron chi connectivity index (χ1n) is 9.77. The standard InChI is InChI=1S/C20H19N7O4/c1-11(29)21-9-17-16-7-14-6-12(2-4-15(14)26(16)20(30)31-17)13-3-5-19(22-8-13)27-24-18(10-28)23-25-27/h2-6,8,16-17,28H,7,9-10H2,1H3,(H,21,29)/t16-,17-/m0/s1. The van der Waals surface area contributed by atoms with Crippen LogP contribution in [0.3, 0.4) is 0 Å². The molecule has 0 aliphatic carbocycles. The molecule has 2 atom stereocenters. The highest BCUT2D eigenvalue weighted by molar-refractivity contribution is 5.94. The van der Waals surface area contributed by atoms with Gasteiger partial charge in [0.25, 0.3) is 0 Å². The van der Waals surface area contributed by atoms with Crippen LogP contribution in [0.15, 0.2) is 36.5 Å². The Bertz CT molecular complexity index is 1160. The second-order valence-electron chi connectivity index (χ2n) is 7.40. The summed E-state index contributed by atoms with van der Waals surface area (Å²) < 4.78 is 5.44. The third-order valence-electron chi connectivity index (χ3n) is 5.41. The molecule has 11 nitrogen and oxygen atoms in total. The van der Waals surface area contributed by atoms with Crippen LogP contribution in [0.25, 0.3) is 16.9 Å². The lowest BCUT2D eigenvalue weighted by molar-refractivity contribution is -0.119. The van der Waals surface area contributed by atoms with Gasteiger partial charge < -0.3 is 15.2 Å². The maximum absolute atomic E-state index is 12.4. The summed E-state index contributed by atoms with van der Waals surface area (Å²) in [5.41, 5.74) is 3.74. The van der Waals surface area contributed by atoms with Gasteiger partial charge in [-0.2, -0.15) is 0 Å². The number of aliphatic hydroxyl groups excluding tert-OH is 1. The van der Waals surface area contributed by atoms with E-state index in [1.165, 1.54) is 11.7 Å². The molecule has 5 rings (SSSR count). The molecule has 2 N–H and O–H groups in total. The average Bonchev–Trinajstić information content (AvgIpc) is 3.47. The van der Waals surface area contributed by atoms with Crippen LogP contribution in [0.4, 0.5) is 10.5 Å². The number of hydrogen-bond acceptors (Lipinski definition) is 8. The van der Waals surface area contributed by atoms with Crippen molar-refractivity contribution in [3.8, 4) is 16.9 Å². The van der Waals surface area contributed by atoms with Gasteiger partial charge in [-0.05, 0) is 47.0 Å². The Balaban J connectivity index is 1.37. The van der Waals surface area contributed by atoms with E-state index in [1.54, 1.807) is 17.2 Å². The molecule has 0 spiro atoms. The number of carbonyl (C=O) groups is 2. The molecule has 31 heavy (non-hydrogen) atoms. The van der Waals surface area contributed by atoms with E-state index < -0.39 is 0 Å². The maximum atomic E-state index is 12.4. The Morgan fingerprint density at radius 3 is 2.84 bits per heavy atom. The molecule has 3 aromatic rings. The van der Waals surface area contributed by atoms with Crippen LogP contribution < -0.4 is 10.2 Å². The number of aliphatic hydroxyl groups is 1. The molecule has 11 heteroatoms. The largest absolute Gasteiger partial charge is 0.442 e. The van der Waals surface area contributed by atoms with Crippen molar-refractivity contribution in [2.45, 2.75) is 32.1 Å². The van der Waals surface area contributed by atoms with Crippen molar-refractivity contribution in [2.24, 2.45) is 0 Å². The number of nitrogens with one attached hydrogen (secondary N) is 1. The predicted molar refractivity (Wildman–Crippen MR) is 107 cm³/mol. The Morgan fingerprint density at radius 2 is 2.13 bits per heavy atom. The highest BCUT2D eigenvalue weighted by Gasteiger charge is 2.47. The normalized spacial score (nSPS) is 19.2. The quantitative estimate of drug-likeness (QED) is 0.611. The first kappa shape index (κ1) is 19.1. The summed E-state index contributed by atoms with van der Waals surface area (Å²) in [4.78, 5) is 30.9. The molecule has 0 bridgehead atoms. The van der Waals surface area contributed by atoms with E-state index in [9.17, 15) is 9.59 Å². The molecule has 0 radical (unpaired) electrons. The number of ether oxygens (including phenoxy) is 1. The zero-order valence-corrected chi connectivity index (χ0v) is 16.6. The van der Waals surface area contributed by atoms with Gasteiger partial charge in [-0.25, -0.2) is 9.78 Å². The molecule has 1 saturated heterocycles. The molecule has 2 aliphatic heterocycles. The van der Waals surface area contributed by atoms with Gasteiger partial charge in [0.1, 0.15) is 12.7 Å². The zero-order chi connectivity index (χ0) is 21.5. The van der Waals surface area contributed by atoms with Crippen molar-refractivity contribution in [3.05, 3.63) is 47.9 Å². The van der Waals surface area contributed by atoms with Crippen LogP contribution in [0.2, 0.25) is 0 Å². The van der Waals surface area contributed by atoms with Crippen LogP contribution >= 0.6 is 0 Å². The summed E-state index contributed by atoms with van der Waals surface area (Å²) in [7, 11) is 0. The number of pyridine rings is 1. The number of tetrazole rings is 1. The predicted octanol–water partition coefficient (Wildman–Crippen LogP) is 0.603. The van der Waals surface area contributed by atoms with E-state index in [2.05, 4.69) is 25.7 Å². The molecule has 2 amide bonds. The van der Waals surface area contributed by atoms with Crippen LogP contribution in [0.1, 0.15) is 18.3 Å². The highest BCUT2D eigenvalue weighted by atomic mass is 16.6. The Morgan fingerprint density at radius 1 is 1.29 bits per heavy atom. The van der Waals surface area contributed by atoms with Gasteiger partial charge in [0.15, 0.2) is 5.82 Å². The Kier molecular flexibility index (Phi) is 4.59. The lowest BCUT2D eigenvalue weighted by Crippen LogP contribution is -2.40. The van der Waals surface area contributed by atoms with Crippen molar-refractivity contribution in [3.63, 3.8) is 0 Å². The van der Waals surface area contributed by atoms with Gasteiger partial charge in [-0.1, -0.05) is 6.07 Å². The van der Waals surface area contributed by atoms with Gasteiger partial charge in [-0.3, -0.25) is 9.69 Å². The summed E-state index contributed by atoms with van der Waals surface area (Å²) in [6.45, 7) is 1.45. The molecule has 2 aromatic heterocycles. The lowest BCUT2D eigenvalue weighted by Gasteiger charge is -2.16. The summed E-state index contributed by atoms with van der Waals surface area (Å²) in [5.74, 6) is 0.554. The molecule has 1 aromatic carbocycles. The topological polar surface area (TPSA) is 135 Å². The van der Waals surface area contributed by atoms with Crippen molar-refractivity contribution in [2.75, 3.05) is 11.4 Å². The van der Waals surface area contributed by atoms with E-state index in [4.69, 9.17) is 9.84 Å². The molecule has 1 fully saturated rings. The third-order valence-corrected chi connectivity index (χ3v) is 5.41. The van der Waals surface area contributed by atoms with Crippen LogP contribution in [-0.2, 0) is 22.6 Å². The lowest BCUT2D eigenvalue weighted by atomic mass is 10.0. The van der Waals surface area contributed by atoms with Crippen molar-refractivity contribution in [1.29, 1.82) is 0 Å². The van der Waals surface area contributed by atoms with Crippen LogP contribution in [-0.4, -0.2) is 61.0 Å². The second-order valence-corrected chi connectivity index (χ2v) is 7.40. The van der Waals surface area contributed by atoms with Gasteiger partial charge >= 0.3 is 6.09 Å². The Labute approximate surface area is 176 Å². The number of aromatic nitrogens is 5. The van der Waals surface area contributed by atoms with Crippen LogP contribution in [0, 0.1) is 0 Å². The summed E-state index contributed by atoms with van der Waals surface area (Å²) in [6.07, 6.45) is 1.59. The number of carbonyl (C=O) groups excluding carboxylic acids is 2. The number of anilines is 1. The fraction of sp³-hybridized carbons (Fsp3) is 0.300. The fourth-order valence-corrected chi connectivity index (χ4v) is 3.96. The van der Waals surface area contributed by atoms with E-state index in [1.807, 2.05) is 24.3 Å². The van der Waals surface area contributed by atoms with Crippen molar-refractivity contribution < 1.29 is 19.4 Å². The second kappa shape index (κ2) is 7.43. The number of cyclic esters (lactones) is 1. The van der Waals surface area contributed by atoms with Crippen molar-refractivity contribution in [1.82, 2.24) is 30.5 Å². The van der Waals surface area contributed by atoms with Gasteiger partial charge in [-0.15, -0.1) is 15.0 Å². The van der Waals surface area contributed by atoms with Gasteiger partial charge in [0, 0.05) is 18.7 Å². The summed E-state index contributed by atoms with van der Waals surface area (Å²) in [5, 5.41) is 23.4. The fourth-order valence-electron chi connectivity index (χ4n) is 3.96. The first-order chi connectivity index (χ1) is 15.0. The minimum Gasteiger partial charge on any atom is -0.442 e. The molecular formula is C20H19N7O4. The third kappa shape index (κ3) is 3.38. The van der Waals surface area contributed by atoms with E-state index in [0.717, 1.165) is 22.4 Å². The molecule has 2 aliphatic rings. The van der Waals surface area contributed by atoms with Gasteiger partial charge in [0.2, 0.25) is 11.7 Å². The molecule has 0 unspecified atom stereocenters. The number of benzene rings is 1. The van der Waals surface area contributed by atoms with E-state index >= 15 is 0 Å². The molecule has 0 saturated carbocycles. The Hall–Kier alpha value is -3.86. The maximum Gasteiger partial charge on any atom is 0.415 e. The monoisotopic (exact) mass is 421 g/mol. The number of hydrogen-bond donors (Lipinski definition) is 2. The SMILES string of the molecule is CC(=O)NC[C@@H]1OC(=O)N2c3ccc(-c4ccc(-n5nnc(CO)n5)nc4)cc3C[C@@H]12. The smallest absolute Gasteiger partial charge is 0.415 e.